The van der Waals surface area contributed by atoms with Gasteiger partial charge in [0.1, 0.15) is 0 Å². The minimum Gasteiger partial charge on any atom is -0.317 e. The first kappa shape index (κ1) is 11.4. The second-order valence-electron chi connectivity index (χ2n) is 5.78. The van der Waals surface area contributed by atoms with Crippen molar-refractivity contribution in [2.75, 3.05) is 13.1 Å². The van der Waals surface area contributed by atoms with Gasteiger partial charge in [-0.05, 0) is 56.0 Å². The Balaban J connectivity index is 1.79. The van der Waals surface area contributed by atoms with E-state index in [9.17, 15) is 0 Å². The van der Waals surface area contributed by atoms with Crippen molar-refractivity contribution in [1.29, 1.82) is 0 Å². The van der Waals surface area contributed by atoms with E-state index in [1.165, 1.54) is 51.5 Å². The minimum absolute atomic E-state index is 0.798. The molecule has 0 aliphatic heterocycles. The molecule has 3 unspecified atom stereocenters. The van der Waals surface area contributed by atoms with Gasteiger partial charge in [0.25, 0.3) is 0 Å². The van der Waals surface area contributed by atoms with Gasteiger partial charge in [-0.2, -0.15) is 0 Å². The number of rotatable bonds is 4. The van der Waals surface area contributed by atoms with Crippen molar-refractivity contribution in [3.63, 3.8) is 0 Å². The largest absolute Gasteiger partial charge is 0.317 e. The van der Waals surface area contributed by atoms with Crippen molar-refractivity contribution in [3.05, 3.63) is 0 Å². The van der Waals surface area contributed by atoms with Gasteiger partial charge >= 0.3 is 0 Å². The lowest BCUT2D eigenvalue weighted by Gasteiger charge is -2.15. The summed E-state index contributed by atoms with van der Waals surface area (Å²) >= 11 is 0. The van der Waals surface area contributed by atoms with Crippen molar-refractivity contribution in [3.8, 4) is 0 Å². The summed E-state index contributed by atoms with van der Waals surface area (Å²) in [7, 11) is 0. The Morgan fingerprint density at radius 3 is 2.80 bits per heavy atom. The van der Waals surface area contributed by atoms with Crippen LogP contribution in [0.1, 0.15) is 58.8 Å². The summed E-state index contributed by atoms with van der Waals surface area (Å²) in [4.78, 5) is 0. The molecular formula is C14H27N. The van der Waals surface area contributed by atoms with Crippen molar-refractivity contribution in [1.82, 2.24) is 5.32 Å². The van der Waals surface area contributed by atoms with Gasteiger partial charge < -0.3 is 5.32 Å². The number of nitrogens with one attached hydrogen (secondary N) is 1. The van der Waals surface area contributed by atoms with Gasteiger partial charge in [-0.25, -0.2) is 0 Å². The van der Waals surface area contributed by atoms with E-state index < -0.39 is 0 Å². The predicted octanol–water partition coefficient (Wildman–Crippen LogP) is 3.59. The fourth-order valence-electron chi connectivity index (χ4n) is 3.56. The third kappa shape index (κ3) is 2.55. The molecule has 2 aliphatic rings. The van der Waals surface area contributed by atoms with E-state index in [-0.39, 0.29) is 0 Å². The van der Waals surface area contributed by atoms with Gasteiger partial charge in [-0.15, -0.1) is 0 Å². The lowest BCUT2D eigenvalue weighted by atomic mass is 9.92. The summed E-state index contributed by atoms with van der Waals surface area (Å²) in [6, 6.07) is 0. The smallest absolute Gasteiger partial charge is 0.00151 e. The van der Waals surface area contributed by atoms with Crippen LogP contribution in [0.2, 0.25) is 0 Å². The summed E-state index contributed by atoms with van der Waals surface area (Å²) in [6.45, 7) is 7.01. The maximum Gasteiger partial charge on any atom is -0.00151 e. The van der Waals surface area contributed by atoms with Crippen LogP contribution in [0, 0.1) is 17.3 Å². The highest BCUT2D eigenvalue weighted by Gasteiger charge is 2.52. The highest BCUT2D eigenvalue weighted by atomic mass is 14.9. The molecule has 15 heavy (non-hydrogen) atoms. The van der Waals surface area contributed by atoms with Gasteiger partial charge in [-0.3, -0.25) is 0 Å². The summed E-state index contributed by atoms with van der Waals surface area (Å²) in [6.07, 6.45) is 10.5. The molecule has 2 saturated carbocycles. The van der Waals surface area contributed by atoms with Gasteiger partial charge in [0.2, 0.25) is 0 Å². The van der Waals surface area contributed by atoms with Crippen molar-refractivity contribution < 1.29 is 0 Å². The highest BCUT2D eigenvalue weighted by molar-refractivity contribution is 5.03. The summed E-state index contributed by atoms with van der Waals surface area (Å²) in [5.41, 5.74) is 0.798. The highest BCUT2D eigenvalue weighted by Crippen LogP contribution is 2.60. The van der Waals surface area contributed by atoms with Gasteiger partial charge in [0, 0.05) is 0 Å². The zero-order valence-electron chi connectivity index (χ0n) is 10.5. The van der Waals surface area contributed by atoms with Gasteiger partial charge in [-0.1, -0.05) is 33.1 Å². The van der Waals surface area contributed by atoms with Crippen LogP contribution < -0.4 is 5.32 Å². The number of hydrogen-bond donors (Lipinski definition) is 1. The molecular weight excluding hydrogens is 182 g/mol. The molecule has 0 aromatic carbocycles. The van der Waals surface area contributed by atoms with Crippen molar-refractivity contribution in [2.45, 2.75) is 58.8 Å². The first-order chi connectivity index (χ1) is 7.30. The zero-order chi connectivity index (χ0) is 10.7. The van der Waals surface area contributed by atoms with Crippen LogP contribution in [-0.2, 0) is 0 Å². The van der Waals surface area contributed by atoms with E-state index in [0.717, 1.165) is 23.8 Å². The van der Waals surface area contributed by atoms with Crippen LogP contribution in [0.25, 0.3) is 0 Å². The average molecular weight is 209 g/mol. The van der Waals surface area contributed by atoms with E-state index in [1.807, 2.05) is 0 Å². The zero-order valence-corrected chi connectivity index (χ0v) is 10.5. The standard InChI is InChI=1S/C14H27N/c1-3-12-6-5-8-14(9-7-12)10-13(14)11-15-4-2/h12-13,15H,3-11H2,1-2H3. The lowest BCUT2D eigenvalue weighted by molar-refractivity contribution is 0.372. The molecule has 2 aliphatic carbocycles. The molecule has 0 radical (unpaired) electrons. The fourth-order valence-corrected chi connectivity index (χ4v) is 3.56. The quantitative estimate of drug-likeness (QED) is 0.746. The van der Waals surface area contributed by atoms with Crippen molar-refractivity contribution >= 4 is 0 Å². The van der Waals surface area contributed by atoms with Crippen LogP contribution in [-0.4, -0.2) is 13.1 Å². The molecule has 2 rings (SSSR count). The maximum atomic E-state index is 3.53. The molecule has 1 heteroatoms. The number of hydrogen-bond acceptors (Lipinski definition) is 1. The molecule has 88 valence electrons. The van der Waals surface area contributed by atoms with E-state index in [0.29, 0.717) is 0 Å². The molecule has 1 N–H and O–H groups in total. The van der Waals surface area contributed by atoms with Gasteiger partial charge in [0.05, 0.1) is 0 Å². The van der Waals surface area contributed by atoms with E-state index in [1.54, 1.807) is 0 Å². The SMILES string of the molecule is CCNCC1CC12CCCC(CC)CC2. The van der Waals surface area contributed by atoms with E-state index >= 15 is 0 Å². The van der Waals surface area contributed by atoms with Crippen LogP contribution >= 0.6 is 0 Å². The molecule has 2 fully saturated rings. The van der Waals surface area contributed by atoms with E-state index in [2.05, 4.69) is 19.2 Å². The second kappa shape index (κ2) is 4.86. The molecule has 1 nitrogen and oxygen atoms in total. The van der Waals surface area contributed by atoms with Crippen LogP contribution in [0.5, 0.6) is 0 Å². The summed E-state index contributed by atoms with van der Waals surface area (Å²) < 4.78 is 0. The molecule has 0 aromatic rings. The third-order valence-electron chi connectivity index (χ3n) is 4.91. The second-order valence-corrected chi connectivity index (χ2v) is 5.78. The van der Waals surface area contributed by atoms with Crippen LogP contribution in [0.3, 0.4) is 0 Å². The normalized spacial score (nSPS) is 40.4. The summed E-state index contributed by atoms with van der Waals surface area (Å²) in [5, 5.41) is 3.53. The first-order valence-corrected chi connectivity index (χ1v) is 7.01. The Labute approximate surface area is 95.0 Å². The molecule has 0 saturated heterocycles. The monoisotopic (exact) mass is 209 g/mol. The molecule has 0 aromatic heterocycles. The maximum absolute atomic E-state index is 3.53. The summed E-state index contributed by atoms with van der Waals surface area (Å²) in [5.74, 6) is 2.07. The topological polar surface area (TPSA) is 12.0 Å². The Kier molecular flexibility index (Phi) is 3.71. The molecule has 0 heterocycles. The molecule has 0 amide bonds. The molecule has 0 bridgehead atoms. The Bertz CT molecular complexity index is 202. The first-order valence-electron chi connectivity index (χ1n) is 7.01. The predicted molar refractivity (Wildman–Crippen MR) is 65.9 cm³/mol. The fraction of sp³-hybridized carbons (Fsp3) is 1.00. The third-order valence-corrected chi connectivity index (χ3v) is 4.91. The Morgan fingerprint density at radius 1 is 1.20 bits per heavy atom. The minimum atomic E-state index is 0.798. The van der Waals surface area contributed by atoms with Crippen molar-refractivity contribution in [2.24, 2.45) is 17.3 Å². The van der Waals surface area contributed by atoms with E-state index in [4.69, 9.17) is 0 Å². The van der Waals surface area contributed by atoms with Gasteiger partial charge in [0.15, 0.2) is 0 Å². The molecule has 1 spiro atoms. The van der Waals surface area contributed by atoms with Crippen LogP contribution in [0.4, 0.5) is 0 Å². The average Bonchev–Trinajstić information content (AvgIpc) is 2.99. The van der Waals surface area contributed by atoms with Crippen LogP contribution in [0.15, 0.2) is 0 Å². The Morgan fingerprint density at radius 2 is 2.07 bits per heavy atom. The Hall–Kier alpha value is -0.0400. The molecule has 3 atom stereocenters. The lowest BCUT2D eigenvalue weighted by Crippen LogP contribution is -2.19.